The Balaban J connectivity index is 1.98. The van der Waals surface area contributed by atoms with E-state index in [2.05, 4.69) is 15.6 Å². The molecule has 2 rings (SSSR count). The van der Waals surface area contributed by atoms with Crippen LogP contribution >= 0.6 is 11.6 Å². The first-order chi connectivity index (χ1) is 10.1. The molecule has 1 amide bonds. The number of halogens is 2. The van der Waals surface area contributed by atoms with Crippen LogP contribution in [0, 0.1) is 5.82 Å². The van der Waals surface area contributed by atoms with Crippen molar-refractivity contribution in [3.05, 3.63) is 58.5 Å². The first kappa shape index (κ1) is 15.3. The average molecular weight is 308 g/mol. The minimum absolute atomic E-state index is 0.272. The van der Waals surface area contributed by atoms with Gasteiger partial charge < -0.3 is 10.6 Å². The van der Waals surface area contributed by atoms with Crippen molar-refractivity contribution in [3.8, 4) is 0 Å². The Kier molecular flexibility index (Phi) is 5.11. The number of pyridine rings is 1. The van der Waals surface area contributed by atoms with Gasteiger partial charge in [-0.25, -0.2) is 9.37 Å². The molecule has 1 aromatic carbocycles. The monoisotopic (exact) mass is 307 g/mol. The maximum atomic E-state index is 13.4. The van der Waals surface area contributed by atoms with Crippen LogP contribution < -0.4 is 10.6 Å². The van der Waals surface area contributed by atoms with Crippen LogP contribution in [-0.4, -0.2) is 24.5 Å². The number of hydrogen-bond donors (Lipinski definition) is 2. The van der Waals surface area contributed by atoms with Crippen molar-refractivity contribution in [2.75, 3.05) is 18.9 Å². The Morgan fingerprint density at radius 3 is 2.86 bits per heavy atom. The number of carbonyl (C=O) groups excluding carboxylic acids is 1. The fourth-order valence-electron chi connectivity index (χ4n) is 1.86. The molecule has 0 saturated heterocycles. The molecule has 21 heavy (non-hydrogen) atoms. The molecule has 6 heteroatoms. The standard InChI is InChI=1S/C15H15ClFN3O/c1-18-14-8-11(12(16)9-20-14)15(21)19-7-6-10-4-2-3-5-13(10)17/h2-5,8-9H,6-7H2,1H3,(H,18,20)(H,19,21). The Morgan fingerprint density at radius 2 is 2.14 bits per heavy atom. The molecule has 1 heterocycles. The first-order valence-electron chi connectivity index (χ1n) is 6.46. The minimum Gasteiger partial charge on any atom is -0.373 e. The summed E-state index contributed by atoms with van der Waals surface area (Å²) in [7, 11) is 1.70. The molecule has 0 bridgehead atoms. The number of benzene rings is 1. The van der Waals surface area contributed by atoms with Crippen LogP contribution in [0.3, 0.4) is 0 Å². The fraction of sp³-hybridized carbons (Fsp3) is 0.200. The molecule has 110 valence electrons. The van der Waals surface area contributed by atoms with E-state index >= 15 is 0 Å². The summed E-state index contributed by atoms with van der Waals surface area (Å²) in [6.07, 6.45) is 1.83. The molecule has 0 atom stereocenters. The number of rotatable bonds is 5. The molecule has 0 unspecified atom stereocenters. The van der Waals surface area contributed by atoms with Crippen LogP contribution in [0.2, 0.25) is 5.02 Å². The average Bonchev–Trinajstić information content (AvgIpc) is 2.49. The SMILES string of the molecule is CNc1cc(C(=O)NCCc2ccccc2F)c(Cl)cn1. The number of carbonyl (C=O) groups is 1. The van der Waals surface area contributed by atoms with Crippen LogP contribution in [0.15, 0.2) is 36.5 Å². The zero-order chi connectivity index (χ0) is 15.2. The summed E-state index contributed by atoms with van der Waals surface area (Å²) >= 11 is 5.96. The number of nitrogens with zero attached hydrogens (tertiary/aromatic N) is 1. The van der Waals surface area contributed by atoms with Gasteiger partial charge in [-0.05, 0) is 24.1 Å². The highest BCUT2D eigenvalue weighted by molar-refractivity contribution is 6.33. The van der Waals surface area contributed by atoms with Gasteiger partial charge in [-0.1, -0.05) is 29.8 Å². The molecule has 2 aromatic rings. The van der Waals surface area contributed by atoms with Gasteiger partial charge in [0.15, 0.2) is 0 Å². The largest absolute Gasteiger partial charge is 0.373 e. The van der Waals surface area contributed by atoms with E-state index in [1.807, 2.05) is 0 Å². The second-order valence-electron chi connectivity index (χ2n) is 4.40. The van der Waals surface area contributed by atoms with E-state index in [9.17, 15) is 9.18 Å². The summed E-state index contributed by atoms with van der Waals surface area (Å²) in [5, 5.41) is 5.84. The lowest BCUT2D eigenvalue weighted by Gasteiger charge is -2.08. The zero-order valence-electron chi connectivity index (χ0n) is 11.5. The van der Waals surface area contributed by atoms with E-state index in [-0.39, 0.29) is 16.7 Å². The Bertz CT molecular complexity index is 649. The Hall–Kier alpha value is -2.14. The summed E-state index contributed by atoms with van der Waals surface area (Å²) < 4.78 is 13.4. The highest BCUT2D eigenvalue weighted by atomic mass is 35.5. The number of nitrogens with one attached hydrogen (secondary N) is 2. The highest BCUT2D eigenvalue weighted by Crippen LogP contribution is 2.17. The number of hydrogen-bond acceptors (Lipinski definition) is 3. The van der Waals surface area contributed by atoms with Crippen molar-refractivity contribution in [3.63, 3.8) is 0 Å². The number of amides is 1. The van der Waals surface area contributed by atoms with Gasteiger partial charge in [0, 0.05) is 19.8 Å². The normalized spacial score (nSPS) is 10.2. The summed E-state index contributed by atoms with van der Waals surface area (Å²) in [6, 6.07) is 8.06. The van der Waals surface area contributed by atoms with E-state index in [4.69, 9.17) is 11.6 Å². The molecular formula is C15H15ClFN3O. The predicted molar refractivity (Wildman–Crippen MR) is 81.2 cm³/mol. The quantitative estimate of drug-likeness (QED) is 0.893. The molecule has 0 aliphatic carbocycles. The lowest BCUT2D eigenvalue weighted by atomic mass is 10.1. The van der Waals surface area contributed by atoms with E-state index in [0.29, 0.717) is 29.9 Å². The minimum atomic E-state index is -0.310. The van der Waals surface area contributed by atoms with Gasteiger partial charge in [0.05, 0.1) is 10.6 Å². The van der Waals surface area contributed by atoms with E-state index in [1.165, 1.54) is 12.3 Å². The topological polar surface area (TPSA) is 54.0 Å². The van der Waals surface area contributed by atoms with Gasteiger partial charge in [-0.3, -0.25) is 4.79 Å². The third-order valence-corrected chi connectivity index (χ3v) is 3.30. The maximum Gasteiger partial charge on any atom is 0.253 e. The number of anilines is 1. The Morgan fingerprint density at radius 1 is 1.38 bits per heavy atom. The van der Waals surface area contributed by atoms with Crippen LogP contribution in [0.5, 0.6) is 0 Å². The Labute approximate surface area is 127 Å². The molecule has 0 radical (unpaired) electrons. The van der Waals surface area contributed by atoms with Crippen molar-refractivity contribution in [2.45, 2.75) is 6.42 Å². The van der Waals surface area contributed by atoms with Gasteiger partial charge in [0.25, 0.3) is 5.91 Å². The molecule has 2 N–H and O–H groups in total. The molecule has 0 fully saturated rings. The van der Waals surface area contributed by atoms with Gasteiger partial charge in [-0.15, -0.1) is 0 Å². The van der Waals surface area contributed by atoms with Crippen molar-refractivity contribution in [1.82, 2.24) is 10.3 Å². The van der Waals surface area contributed by atoms with Gasteiger partial charge in [0.1, 0.15) is 11.6 Å². The second-order valence-corrected chi connectivity index (χ2v) is 4.80. The second kappa shape index (κ2) is 7.04. The van der Waals surface area contributed by atoms with Crippen LogP contribution in [-0.2, 0) is 6.42 Å². The summed E-state index contributed by atoms with van der Waals surface area (Å²) in [5.41, 5.74) is 0.902. The third kappa shape index (κ3) is 3.92. The molecule has 0 aliphatic heterocycles. The van der Waals surface area contributed by atoms with Crippen molar-refractivity contribution in [1.29, 1.82) is 0 Å². The summed E-state index contributed by atoms with van der Waals surface area (Å²) in [4.78, 5) is 16.1. The van der Waals surface area contributed by atoms with Crippen molar-refractivity contribution >= 4 is 23.3 Å². The fourth-order valence-corrected chi connectivity index (χ4v) is 2.05. The van der Waals surface area contributed by atoms with E-state index in [1.54, 1.807) is 31.3 Å². The lowest BCUT2D eigenvalue weighted by molar-refractivity contribution is 0.0954. The summed E-state index contributed by atoms with van der Waals surface area (Å²) in [6.45, 7) is 0.327. The maximum absolute atomic E-state index is 13.4. The van der Waals surface area contributed by atoms with Gasteiger partial charge in [-0.2, -0.15) is 0 Å². The van der Waals surface area contributed by atoms with E-state index in [0.717, 1.165) is 0 Å². The molecular weight excluding hydrogens is 293 g/mol. The molecule has 1 aromatic heterocycles. The molecule has 0 saturated carbocycles. The smallest absolute Gasteiger partial charge is 0.253 e. The molecule has 0 spiro atoms. The summed E-state index contributed by atoms with van der Waals surface area (Å²) in [5.74, 6) is -0.0277. The van der Waals surface area contributed by atoms with Crippen LogP contribution in [0.1, 0.15) is 15.9 Å². The van der Waals surface area contributed by atoms with Crippen molar-refractivity contribution < 1.29 is 9.18 Å². The van der Waals surface area contributed by atoms with E-state index < -0.39 is 0 Å². The van der Waals surface area contributed by atoms with Gasteiger partial charge >= 0.3 is 0 Å². The first-order valence-corrected chi connectivity index (χ1v) is 6.84. The van der Waals surface area contributed by atoms with Crippen LogP contribution in [0.25, 0.3) is 0 Å². The highest BCUT2D eigenvalue weighted by Gasteiger charge is 2.11. The number of aromatic nitrogens is 1. The molecule has 0 aliphatic rings. The lowest BCUT2D eigenvalue weighted by Crippen LogP contribution is -2.26. The zero-order valence-corrected chi connectivity index (χ0v) is 12.2. The van der Waals surface area contributed by atoms with Gasteiger partial charge in [0.2, 0.25) is 0 Å². The van der Waals surface area contributed by atoms with Crippen molar-refractivity contribution in [2.24, 2.45) is 0 Å². The van der Waals surface area contributed by atoms with Crippen LogP contribution in [0.4, 0.5) is 10.2 Å². The predicted octanol–water partition coefficient (Wildman–Crippen LogP) is 2.89. The molecule has 4 nitrogen and oxygen atoms in total. The third-order valence-electron chi connectivity index (χ3n) is 2.99.